The summed E-state index contributed by atoms with van der Waals surface area (Å²) in [6.45, 7) is 0. The second kappa shape index (κ2) is 2.80. The molecule has 0 bridgehead atoms. The zero-order chi connectivity index (χ0) is 9.26. The molecule has 2 heteroatoms. The minimum atomic E-state index is 0.671. The van der Waals surface area contributed by atoms with Crippen molar-refractivity contribution in [2.75, 3.05) is 5.73 Å². The maximum Gasteiger partial charge on any atom is 0.0998 e. The largest absolute Gasteiger partial charge is 0.399 e. The maximum atomic E-state index is 8.84. The number of anilines is 1. The Morgan fingerprint density at radius 3 is 2.77 bits per heavy atom. The van der Waals surface area contributed by atoms with E-state index in [1.807, 2.05) is 30.3 Å². The van der Waals surface area contributed by atoms with E-state index in [9.17, 15) is 0 Å². The van der Waals surface area contributed by atoms with E-state index in [2.05, 4.69) is 6.07 Å². The lowest BCUT2D eigenvalue weighted by atomic mass is 10.1. The van der Waals surface area contributed by atoms with Crippen LogP contribution in [0.25, 0.3) is 10.8 Å². The normalized spacial score (nSPS) is 9.77. The first-order chi connectivity index (χ1) is 6.31. The lowest BCUT2D eigenvalue weighted by Gasteiger charge is -2.00. The van der Waals surface area contributed by atoms with Gasteiger partial charge in [-0.15, -0.1) is 0 Å². The zero-order valence-corrected chi connectivity index (χ0v) is 6.99. The number of nitrogen functional groups attached to an aromatic ring is 1. The highest BCUT2D eigenvalue weighted by molar-refractivity contribution is 5.90. The minimum absolute atomic E-state index is 0.671. The average Bonchev–Trinajstić information content (AvgIpc) is 2.17. The van der Waals surface area contributed by atoms with Crippen LogP contribution >= 0.6 is 0 Å². The smallest absolute Gasteiger partial charge is 0.0998 e. The maximum absolute atomic E-state index is 8.84. The first-order valence-electron chi connectivity index (χ1n) is 3.99. The van der Waals surface area contributed by atoms with Crippen molar-refractivity contribution in [3.05, 3.63) is 42.0 Å². The third-order valence-electron chi connectivity index (χ3n) is 2.03. The van der Waals surface area contributed by atoms with Crippen molar-refractivity contribution < 1.29 is 0 Å². The number of fused-ring (bicyclic) bond motifs is 1. The Hall–Kier alpha value is -2.01. The van der Waals surface area contributed by atoms with Crippen LogP contribution in [-0.2, 0) is 0 Å². The molecule has 0 aliphatic heterocycles. The average molecular weight is 168 g/mol. The summed E-state index contributed by atoms with van der Waals surface area (Å²) >= 11 is 0. The first kappa shape index (κ1) is 7.63. The van der Waals surface area contributed by atoms with Crippen molar-refractivity contribution in [2.45, 2.75) is 0 Å². The fraction of sp³-hybridized carbons (Fsp3) is 0. The highest BCUT2D eigenvalue weighted by Crippen LogP contribution is 2.20. The van der Waals surface area contributed by atoms with Gasteiger partial charge in [-0.2, -0.15) is 5.26 Å². The molecule has 2 aromatic carbocycles. The minimum Gasteiger partial charge on any atom is -0.399 e. The summed E-state index contributed by atoms with van der Waals surface area (Å²) in [5, 5.41) is 10.8. The Kier molecular flexibility index (Phi) is 1.64. The third kappa shape index (κ3) is 1.21. The van der Waals surface area contributed by atoms with Crippen molar-refractivity contribution >= 4 is 16.5 Å². The highest BCUT2D eigenvalue weighted by atomic mass is 14.5. The van der Waals surface area contributed by atoms with Crippen molar-refractivity contribution in [2.24, 2.45) is 0 Å². The molecule has 0 amide bonds. The van der Waals surface area contributed by atoms with Gasteiger partial charge in [0.2, 0.25) is 0 Å². The van der Waals surface area contributed by atoms with Crippen LogP contribution in [0.15, 0.2) is 36.4 Å². The van der Waals surface area contributed by atoms with Crippen LogP contribution in [0.5, 0.6) is 0 Å². The van der Waals surface area contributed by atoms with Crippen LogP contribution < -0.4 is 5.73 Å². The van der Waals surface area contributed by atoms with E-state index < -0.39 is 0 Å². The summed E-state index contributed by atoms with van der Waals surface area (Å²) in [7, 11) is 0. The van der Waals surface area contributed by atoms with Gasteiger partial charge in [-0.1, -0.05) is 18.2 Å². The first-order valence-corrected chi connectivity index (χ1v) is 3.99. The van der Waals surface area contributed by atoms with E-state index in [4.69, 9.17) is 11.0 Å². The van der Waals surface area contributed by atoms with E-state index in [1.165, 1.54) is 0 Å². The molecule has 0 spiro atoms. The number of nitriles is 1. The van der Waals surface area contributed by atoms with Crippen molar-refractivity contribution in [1.29, 1.82) is 5.26 Å². The van der Waals surface area contributed by atoms with Gasteiger partial charge in [-0.3, -0.25) is 0 Å². The molecule has 0 unspecified atom stereocenters. The Morgan fingerprint density at radius 1 is 1.15 bits per heavy atom. The molecule has 13 heavy (non-hydrogen) atoms. The Morgan fingerprint density at radius 2 is 2.00 bits per heavy atom. The molecular weight excluding hydrogens is 160 g/mol. The summed E-state index contributed by atoms with van der Waals surface area (Å²) in [5.74, 6) is 0. The Balaban J connectivity index is 2.89. The van der Waals surface area contributed by atoms with Crippen molar-refractivity contribution in [3.8, 4) is 6.07 Å². The van der Waals surface area contributed by atoms with Crippen molar-refractivity contribution in [3.63, 3.8) is 0 Å². The SMILES string of the molecule is N#Cc1cccc2ccc(N)cc12. The highest BCUT2D eigenvalue weighted by Gasteiger charge is 1.98. The molecule has 0 saturated heterocycles. The van der Waals surface area contributed by atoms with Gasteiger partial charge < -0.3 is 5.73 Å². The fourth-order valence-corrected chi connectivity index (χ4v) is 1.39. The van der Waals surface area contributed by atoms with Gasteiger partial charge in [0, 0.05) is 11.1 Å². The van der Waals surface area contributed by atoms with E-state index in [-0.39, 0.29) is 0 Å². The molecule has 2 aromatic rings. The van der Waals surface area contributed by atoms with Crippen LogP contribution in [0.1, 0.15) is 5.56 Å². The van der Waals surface area contributed by atoms with E-state index in [0.717, 1.165) is 10.8 Å². The fourth-order valence-electron chi connectivity index (χ4n) is 1.39. The van der Waals surface area contributed by atoms with E-state index in [0.29, 0.717) is 11.3 Å². The molecule has 0 radical (unpaired) electrons. The van der Waals surface area contributed by atoms with Gasteiger partial charge in [0.05, 0.1) is 11.6 Å². The summed E-state index contributed by atoms with van der Waals surface area (Å²) in [5.41, 5.74) is 7.00. The van der Waals surface area contributed by atoms with Crippen LogP contribution in [0.2, 0.25) is 0 Å². The third-order valence-corrected chi connectivity index (χ3v) is 2.03. The molecule has 0 aromatic heterocycles. The van der Waals surface area contributed by atoms with Gasteiger partial charge >= 0.3 is 0 Å². The van der Waals surface area contributed by atoms with E-state index in [1.54, 1.807) is 6.07 Å². The quantitative estimate of drug-likeness (QED) is 0.613. The summed E-state index contributed by atoms with van der Waals surface area (Å²) in [4.78, 5) is 0. The molecule has 0 saturated carbocycles. The molecule has 0 aliphatic carbocycles. The Labute approximate surface area is 76.2 Å². The lowest BCUT2D eigenvalue weighted by Crippen LogP contribution is -1.85. The van der Waals surface area contributed by atoms with Crippen LogP contribution in [0, 0.1) is 11.3 Å². The standard InChI is InChI=1S/C11H8N2/c12-7-9-3-1-2-8-4-5-10(13)6-11(8)9/h1-6H,13H2. The summed E-state index contributed by atoms with van der Waals surface area (Å²) in [6, 6.07) is 13.4. The molecule has 2 rings (SSSR count). The zero-order valence-electron chi connectivity index (χ0n) is 6.99. The number of nitrogens with two attached hydrogens (primary N) is 1. The monoisotopic (exact) mass is 168 g/mol. The topological polar surface area (TPSA) is 49.8 Å². The van der Waals surface area contributed by atoms with Gasteiger partial charge in [0.1, 0.15) is 0 Å². The summed E-state index contributed by atoms with van der Waals surface area (Å²) < 4.78 is 0. The molecule has 2 nitrogen and oxygen atoms in total. The number of nitrogens with zero attached hydrogens (tertiary/aromatic N) is 1. The van der Waals surface area contributed by atoms with Gasteiger partial charge in [0.15, 0.2) is 0 Å². The van der Waals surface area contributed by atoms with Crippen LogP contribution in [0.3, 0.4) is 0 Å². The number of hydrogen-bond donors (Lipinski definition) is 1. The predicted molar refractivity (Wildman–Crippen MR) is 53.1 cm³/mol. The van der Waals surface area contributed by atoms with E-state index >= 15 is 0 Å². The number of hydrogen-bond acceptors (Lipinski definition) is 2. The van der Waals surface area contributed by atoms with Crippen LogP contribution in [0.4, 0.5) is 5.69 Å². The molecular formula is C11H8N2. The van der Waals surface area contributed by atoms with Crippen molar-refractivity contribution in [1.82, 2.24) is 0 Å². The van der Waals surface area contributed by atoms with Gasteiger partial charge in [-0.05, 0) is 23.6 Å². The van der Waals surface area contributed by atoms with Gasteiger partial charge in [-0.25, -0.2) is 0 Å². The number of rotatable bonds is 0. The van der Waals surface area contributed by atoms with Crippen LogP contribution in [-0.4, -0.2) is 0 Å². The lowest BCUT2D eigenvalue weighted by molar-refractivity contribution is 1.50. The molecule has 0 fully saturated rings. The number of benzene rings is 2. The molecule has 62 valence electrons. The van der Waals surface area contributed by atoms with Gasteiger partial charge in [0.25, 0.3) is 0 Å². The summed E-state index contributed by atoms with van der Waals surface area (Å²) in [6.07, 6.45) is 0. The molecule has 0 aliphatic rings. The second-order valence-electron chi connectivity index (χ2n) is 2.90. The molecule has 0 atom stereocenters. The predicted octanol–water partition coefficient (Wildman–Crippen LogP) is 2.29. The Bertz CT molecular complexity index is 495. The molecule has 0 heterocycles. The molecule has 2 N–H and O–H groups in total. The second-order valence-corrected chi connectivity index (χ2v) is 2.90.